The predicted molar refractivity (Wildman–Crippen MR) is 105 cm³/mol. The van der Waals surface area contributed by atoms with Crippen LogP contribution in [0, 0.1) is 5.82 Å². The van der Waals surface area contributed by atoms with Crippen molar-refractivity contribution in [3.8, 4) is 5.69 Å². The first kappa shape index (κ1) is 19.8. The lowest BCUT2D eigenvalue weighted by Gasteiger charge is -2.30. The Morgan fingerprint density at radius 1 is 1.13 bits per heavy atom. The lowest BCUT2D eigenvalue weighted by atomic mass is 10.0. The van der Waals surface area contributed by atoms with Gasteiger partial charge in [0.15, 0.2) is 0 Å². The number of imide groups is 1. The van der Waals surface area contributed by atoms with E-state index in [2.05, 4.69) is 5.32 Å². The number of pyridine rings is 1. The van der Waals surface area contributed by atoms with E-state index >= 15 is 0 Å². The van der Waals surface area contributed by atoms with Crippen molar-refractivity contribution in [1.82, 2.24) is 19.7 Å². The molecule has 0 unspecified atom stereocenters. The van der Waals surface area contributed by atoms with Crippen LogP contribution in [0.5, 0.6) is 0 Å². The lowest BCUT2D eigenvalue weighted by Crippen LogP contribution is -2.46. The number of nitrogens with one attached hydrogen (secondary N) is 1. The molecule has 4 amide bonds. The number of urea groups is 1. The topological polar surface area (TPSA) is 91.7 Å². The molecule has 4 rings (SSSR count). The molecule has 2 aliphatic rings. The maximum absolute atomic E-state index is 13.2. The number of carbonyl (C=O) groups excluding carboxylic acids is 3. The highest BCUT2D eigenvalue weighted by Gasteiger charge is 2.45. The van der Waals surface area contributed by atoms with Crippen molar-refractivity contribution in [3.63, 3.8) is 0 Å². The summed E-state index contributed by atoms with van der Waals surface area (Å²) in [6.07, 6.45) is 2.15. The van der Waals surface area contributed by atoms with Crippen molar-refractivity contribution >= 4 is 17.8 Å². The molecular weight excluding hydrogens is 391 g/mol. The minimum absolute atomic E-state index is 0.235. The number of rotatable bonds is 3. The van der Waals surface area contributed by atoms with E-state index in [1.165, 1.54) is 34.9 Å². The summed E-state index contributed by atoms with van der Waals surface area (Å²) in [5.74, 6) is -1.19. The standard InChI is InChI=1S/C21H21FN4O4/c1-21(2)19(29)26(20(30)23-21)12-18(28)24-8-7-13-9-17(27)25(11-14(13)10-24)16-5-3-15(22)4-6-16/h3-6,9,11H,7-8,10,12H2,1-2H3,(H,23,30). The quantitative estimate of drug-likeness (QED) is 0.767. The van der Waals surface area contributed by atoms with Crippen LogP contribution < -0.4 is 10.9 Å². The zero-order valence-corrected chi connectivity index (χ0v) is 16.6. The fraction of sp³-hybridized carbons (Fsp3) is 0.333. The van der Waals surface area contributed by atoms with Gasteiger partial charge in [0, 0.05) is 31.0 Å². The van der Waals surface area contributed by atoms with Crippen LogP contribution in [0.4, 0.5) is 9.18 Å². The number of hydrogen-bond acceptors (Lipinski definition) is 4. The smallest absolute Gasteiger partial charge is 0.325 e. The highest BCUT2D eigenvalue weighted by atomic mass is 19.1. The molecule has 3 heterocycles. The number of halogens is 1. The number of amides is 4. The number of aromatic nitrogens is 1. The summed E-state index contributed by atoms with van der Waals surface area (Å²) in [5, 5.41) is 2.55. The van der Waals surface area contributed by atoms with Gasteiger partial charge in [-0.2, -0.15) is 0 Å². The molecule has 2 aromatic rings. The molecule has 1 aromatic carbocycles. The number of nitrogens with zero attached hydrogens (tertiary/aromatic N) is 3. The number of hydrogen-bond donors (Lipinski definition) is 1. The molecule has 1 N–H and O–H groups in total. The summed E-state index contributed by atoms with van der Waals surface area (Å²) in [4.78, 5) is 52.1. The molecule has 1 saturated heterocycles. The van der Waals surface area contributed by atoms with Crippen molar-refractivity contribution in [2.45, 2.75) is 32.4 Å². The Bertz CT molecular complexity index is 1110. The molecule has 2 aliphatic heterocycles. The third-order valence-electron chi connectivity index (χ3n) is 5.44. The normalized spacial score (nSPS) is 17.7. The van der Waals surface area contributed by atoms with Crippen LogP contribution in [-0.2, 0) is 22.6 Å². The molecule has 8 nitrogen and oxygen atoms in total. The van der Waals surface area contributed by atoms with Gasteiger partial charge in [0.1, 0.15) is 17.9 Å². The molecule has 0 bridgehead atoms. The van der Waals surface area contributed by atoms with Gasteiger partial charge in [-0.25, -0.2) is 9.18 Å². The van der Waals surface area contributed by atoms with Crippen LogP contribution in [0.25, 0.3) is 5.69 Å². The molecule has 0 aliphatic carbocycles. The summed E-state index contributed by atoms with van der Waals surface area (Å²) in [5.41, 5.74) is 0.891. The van der Waals surface area contributed by atoms with E-state index in [0.717, 1.165) is 16.0 Å². The minimum Gasteiger partial charge on any atom is -0.336 e. The average Bonchev–Trinajstić information content (AvgIpc) is 2.89. The Labute approximate surface area is 171 Å². The van der Waals surface area contributed by atoms with E-state index in [9.17, 15) is 23.6 Å². The highest BCUT2D eigenvalue weighted by molar-refractivity contribution is 6.08. The Morgan fingerprint density at radius 2 is 1.83 bits per heavy atom. The average molecular weight is 412 g/mol. The fourth-order valence-corrected chi connectivity index (χ4v) is 3.74. The largest absolute Gasteiger partial charge is 0.336 e. The SMILES string of the molecule is CC1(C)NC(=O)N(CC(=O)N2CCc3cc(=O)n(-c4ccc(F)cc4)cc3C2)C1=O. The fourth-order valence-electron chi connectivity index (χ4n) is 3.74. The summed E-state index contributed by atoms with van der Waals surface area (Å²) in [6.45, 7) is 3.48. The Kier molecular flexibility index (Phi) is 4.68. The van der Waals surface area contributed by atoms with Crippen molar-refractivity contribution in [3.05, 3.63) is 63.8 Å². The molecule has 9 heteroatoms. The summed E-state index contributed by atoms with van der Waals surface area (Å²) in [6, 6.07) is 6.51. The second-order valence-electron chi connectivity index (χ2n) is 8.02. The summed E-state index contributed by atoms with van der Waals surface area (Å²) >= 11 is 0. The number of benzene rings is 1. The molecule has 156 valence electrons. The van der Waals surface area contributed by atoms with Crippen LogP contribution in [0.15, 0.2) is 41.3 Å². The van der Waals surface area contributed by atoms with Gasteiger partial charge < -0.3 is 10.2 Å². The van der Waals surface area contributed by atoms with Crippen LogP contribution in [0.1, 0.15) is 25.0 Å². The molecule has 30 heavy (non-hydrogen) atoms. The van der Waals surface area contributed by atoms with Gasteiger partial charge in [-0.15, -0.1) is 0 Å². The van der Waals surface area contributed by atoms with Gasteiger partial charge >= 0.3 is 6.03 Å². The van der Waals surface area contributed by atoms with Crippen LogP contribution in [0.2, 0.25) is 0 Å². The second-order valence-corrected chi connectivity index (χ2v) is 8.02. The first-order valence-corrected chi connectivity index (χ1v) is 9.58. The highest BCUT2D eigenvalue weighted by Crippen LogP contribution is 2.21. The lowest BCUT2D eigenvalue weighted by molar-refractivity contribution is -0.139. The molecule has 0 saturated carbocycles. The molecule has 0 spiro atoms. The van der Waals surface area contributed by atoms with Crippen molar-refractivity contribution in [1.29, 1.82) is 0 Å². The van der Waals surface area contributed by atoms with Gasteiger partial charge in [-0.3, -0.25) is 23.9 Å². The Morgan fingerprint density at radius 3 is 2.47 bits per heavy atom. The third kappa shape index (κ3) is 3.47. The Balaban J connectivity index is 1.54. The minimum atomic E-state index is -1.03. The van der Waals surface area contributed by atoms with Crippen molar-refractivity contribution < 1.29 is 18.8 Å². The van der Waals surface area contributed by atoms with Crippen LogP contribution >= 0.6 is 0 Å². The maximum Gasteiger partial charge on any atom is 0.325 e. The van der Waals surface area contributed by atoms with Crippen LogP contribution in [-0.4, -0.2) is 50.8 Å². The monoisotopic (exact) mass is 412 g/mol. The Hall–Kier alpha value is -3.49. The number of carbonyl (C=O) groups is 3. The van der Waals surface area contributed by atoms with E-state index in [1.807, 2.05) is 0 Å². The van der Waals surface area contributed by atoms with Gasteiger partial charge in [-0.05, 0) is 55.7 Å². The zero-order chi connectivity index (χ0) is 21.6. The molecule has 1 aromatic heterocycles. The second kappa shape index (κ2) is 7.08. The molecule has 0 radical (unpaired) electrons. The van der Waals surface area contributed by atoms with E-state index in [1.54, 1.807) is 24.9 Å². The number of fused-ring (bicyclic) bond motifs is 1. The first-order chi connectivity index (χ1) is 14.2. The van der Waals surface area contributed by atoms with E-state index in [-0.39, 0.29) is 24.6 Å². The molecule has 0 atom stereocenters. The van der Waals surface area contributed by atoms with E-state index < -0.39 is 23.3 Å². The summed E-state index contributed by atoms with van der Waals surface area (Å²) in [7, 11) is 0. The van der Waals surface area contributed by atoms with Crippen molar-refractivity contribution in [2.75, 3.05) is 13.1 Å². The summed E-state index contributed by atoms with van der Waals surface area (Å²) < 4.78 is 14.6. The molecular formula is C21H21FN4O4. The van der Waals surface area contributed by atoms with Crippen LogP contribution in [0.3, 0.4) is 0 Å². The van der Waals surface area contributed by atoms with Gasteiger partial charge in [-0.1, -0.05) is 0 Å². The van der Waals surface area contributed by atoms with E-state index in [4.69, 9.17) is 0 Å². The van der Waals surface area contributed by atoms with E-state index in [0.29, 0.717) is 18.7 Å². The maximum atomic E-state index is 13.2. The predicted octanol–water partition coefficient (Wildman–Crippen LogP) is 1.19. The first-order valence-electron chi connectivity index (χ1n) is 9.58. The van der Waals surface area contributed by atoms with Gasteiger partial charge in [0.25, 0.3) is 11.5 Å². The molecule has 1 fully saturated rings. The van der Waals surface area contributed by atoms with Gasteiger partial charge in [0.05, 0.1) is 0 Å². The van der Waals surface area contributed by atoms with Gasteiger partial charge in [0.2, 0.25) is 5.91 Å². The zero-order valence-electron chi connectivity index (χ0n) is 16.6. The van der Waals surface area contributed by atoms with Crippen molar-refractivity contribution in [2.24, 2.45) is 0 Å². The third-order valence-corrected chi connectivity index (χ3v) is 5.44.